The summed E-state index contributed by atoms with van der Waals surface area (Å²) < 4.78 is 39.9. The molecule has 0 N–H and O–H groups in total. The first kappa shape index (κ1) is 13.7. The maximum atomic E-state index is 13.0. The highest BCUT2D eigenvalue weighted by molar-refractivity contribution is 9.08. The van der Waals surface area contributed by atoms with Crippen LogP contribution >= 0.6 is 15.9 Å². The monoisotopic (exact) mass is 328 g/mol. The zero-order valence-corrected chi connectivity index (χ0v) is 11.2. The summed E-state index contributed by atoms with van der Waals surface area (Å²) in [5.74, 6) is 0. The van der Waals surface area contributed by atoms with E-state index in [2.05, 4.69) is 15.9 Å². The van der Waals surface area contributed by atoms with Crippen molar-refractivity contribution < 1.29 is 13.2 Å². The molecule has 1 aromatic carbocycles. The minimum absolute atomic E-state index is 0.0410. The molecule has 0 aliphatic carbocycles. The lowest BCUT2D eigenvalue weighted by molar-refractivity contribution is -0.142. The van der Waals surface area contributed by atoms with Gasteiger partial charge in [-0.15, -0.1) is 0 Å². The standard InChI is InChI=1S/C13H8BrF3N2/c14-7-9-3-1-2-4-11(9)19-10(8-18)5-6-12(19)13(15,16)17/h1-6H,7H2. The first-order valence-corrected chi connectivity index (χ1v) is 6.44. The summed E-state index contributed by atoms with van der Waals surface area (Å²) in [5, 5.41) is 9.38. The average Bonchev–Trinajstić information content (AvgIpc) is 2.82. The predicted octanol–water partition coefficient (Wildman–Crippen LogP) is 4.26. The van der Waals surface area contributed by atoms with Gasteiger partial charge in [-0.2, -0.15) is 18.4 Å². The number of nitriles is 1. The van der Waals surface area contributed by atoms with Crippen molar-refractivity contribution >= 4 is 15.9 Å². The summed E-state index contributed by atoms with van der Waals surface area (Å²) in [5.41, 5.74) is 0.145. The molecule has 0 bridgehead atoms. The molecule has 19 heavy (non-hydrogen) atoms. The van der Waals surface area contributed by atoms with Crippen LogP contribution in [0.5, 0.6) is 0 Å². The Morgan fingerprint density at radius 1 is 1.16 bits per heavy atom. The van der Waals surface area contributed by atoms with Crippen LogP contribution in [0.2, 0.25) is 0 Å². The van der Waals surface area contributed by atoms with Crippen LogP contribution in [-0.4, -0.2) is 4.57 Å². The minimum atomic E-state index is -4.51. The fourth-order valence-corrected chi connectivity index (χ4v) is 2.32. The van der Waals surface area contributed by atoms with Crippen LogP contribution in [0.4, 0.5) is 13.2 Å². The van der Waals surface area contributed by atoms with Crippen molar-refractivity contribution in [2.45, 2.75) is 11.5 Å². The fraction of sp³-hybridized carbons (Fsp3) is 0.154. The van der Waals surface area contributed by atoms with Gasteiger partial charge in [0.15, 0.2) is 0 Å². The molecule has 0 saturated carbocycles. The van der Waals surface area contributed by atoms with Crippen molar-refractivity contribution in [3.63, 3.8) is 0 Å². The summed E-state index contributed by atoms with van der Waals surface area (Å²) in [4.78, 5) is 0. The third kappa shape index (κ3) is 2.51. The number of benzene rings is 1. The highest BCUT2D eigenvalue weighted by Gasteiger charge is 2.35. The third-order valence-electron chi connectivity index (χ3n) is 2.66. The van der Waals surface area contributed by atoms with Gasteiger partial charge in [0.05, 0.1) is 5.69 Å². The molecule has 2 rings (SSSR count). The largest absolute Gasteiger partial charge is 0.431 e. The van der Waals surface area contributed by atoms with Gasteiger partial charge >= 0.3 is 6.18 Å². The molecule has 0 aliphatic heterocycles. The molecule has 6 heteroatoms. The van der Waals surface area contributed by atoms with Crippen LogP contribution in [0.1, 0.15) is 17.0 Å². The molecule has 0 unspecified atom stereocenters. The maximum Gasteiger partial charge on any atom is 0.431 e. The summed E-state index contributed by atoms with van der Waals surface area (Å²) in [6.45, 7) is 0. The summed E-state index contributed by atoms with van der Waals surface area (Å²) >= 11 is 3.24. The second kappa shape index (κ2) is 5.10. The van der Waals surface area contributed by atoms with E-state index in [-0.39, 0.29) is 5.69 Å². The summed E-state index contributed by atoms with van der Waals surface area (Å²) in [7, 11) is 0. The van der Waals surface area contributed by atoms with E-state index in [0.717, 1.165) is 10.6 Å². The van der Waals surface area contributed by atoms with Crippen molar-refractivity contribution in [3.05, 3.63) is 53.3 Å². The van der Waals surface area contributed by atoms with Crippen LogP contribution < -0.4 is 0 Å². The molecule has 1 aromatic heterocycles. The Hall–Kier alpha value is -1.74. The van der Waals surface area contributed by atoms with Gasteiger partial charge in [0.25, 0.3) is 0 Å². The Bertz CT molecular complexity index is 638. The fourth-order valence-electron chi connectivity index (χ4n) is 1.85. The highest BCUT2D eigenvalue weighted by Crippen LogP contribution is 2.34. The molecule has 0 saturated heterocycles. The van der Waals surface area contributed by atoms with Crippen LogP contribution in [0.3, 0.4) is 0 Å². The van der Waals surface area contributed by atoms with Gasteiger partial charge in [-0.3, -0.25) is 4.57 Å². The van der Waals surface area contributed by atoms with Crippen molar-refractivity contribution in [2.75, 3.05) is 0 Å². The number of para-hydroxylation sites is 1. The number of rotatable bonds is 2. The number of nitrogens with zero attached hydrogens (tertiary/aromatic N) is 2. The van der Waals surface area contributed by atoms with Crippen molar-refractivity contribution in [2.24, 2.45) is 0 Å². The molecule has 0 atom stereocenters. The lowest BCUT2D eigenvalue weighted by atomic mass is 10.2. The highest BCUT2D eigenvalue weighted by atomic mass is 79.9. The number of alkyl halides is 4. The SMILES string of the molecule is N#Cc1ccc(C(F)(F)F)n1-c1ccccc1CBr. The zero-order chi connectivity index (χ0) is 14.0. The van der Waals surface area contributed by atoms with Gasteiger partial charge in [0, 0.05) is 5.33 Å². The minimum Gasteiger partial charge on any atom is -0.297 e. The maximum absolute atomic E-state index is 13.0. The van der Waals surface area contributed by atoms with Gasteiger partial charge in [0.2, 0.25) is 0 Å². The quantitative estimate of drug-likeness (QED) is 0.757. The van der Waals surface area contributed by atoms with Crippen molar-refractivity contribution in [1.82, 2.24) is 4.57 Å². The molecular weight excluding hydrogens is 321 g/mol. The van der Waals surface area contributed by atoms with Crippen LogP contribution in [0.15, 0.2) is 36.4 Å². The number of hydrogen-bond donors (Lipinski definition) is 0. The Labute approximate surface area is 116 Å². The van der Waals surface area contributed by atoms with E-state index < -0.39 is 11.9 Å². The van der Waals surface area contributed by atoms with Gasteiger partial charge in [-0.1, -0.05) is 34.1 Å². The molecule has 0 radical (unpaired) electrons. The van der Waals surface area contributed by atoms with E-state index in [1.807, 2.05) is 0 Å². The Morgan fingerprint density at radius 2 is 1.84 bits per heavy atom. The van der Waals surface area contributed by atoms with Gasteiger partial charge in [-0.05, 0) is 23.8 Å². The van der Waals surface area contributed by atoms with E-state index in [0.29, 0.717) is 16.6 Å². The molecule has 2 nitrogen and oxygen atoms in total. The van der Waals surface area contributed by atoms with Gasteiger partial charge in [-0.25, -0.2) is 0 Å². The molecule has 2 aromatic rings. The van der Waals surface area contributed by atoms with Crippen LogP contribution in [-0.2, 0) is 11.5 Å². The molecule has 1 heterocycles. The lowest BCUT2D eigenvalue weighted by Gasteiger charge is -2.15. The Morgan fingerprint density at radius 3 is 2.42 bits per heavy atom. The van der Waals surface area contributed by atoms with E-state index >= 15 is 0 Å². The average molecular weight is 329 g/mol. The molecule has 0 spiro atoms. The van der Waals surface area contributed by atoms with E-state index in [4.69, 9.17) is 5.26 Å². The Kier molecular flexibility index (Phi) is 3.67. The molecule has 98 valence electrons. The predicted molar refractivity (Wildman–Crippen MR) is 68.1 cm³/mol. The van der Waals surface area contributed by atoms with E-state index in [1.54, 1.807) is 30.3 Å². The van der Waals surface area contributed by atoms with Crippen molar-refractivity contribution in [1.29, 1.82) is 5.26 Å². The number of halogens is 4. The first-order chi connectivity index (χ1) is 8.99. The normalized spacial score (nSPS) is 11.3. The Balaban J connectivity index is 2.74. The van der Waals surface area contributed by atoms with Crippen molar-refractivity contribution in [3.8, 4) is 11.8 Å². The lowest BCUT2D eigenvalue weighted by Crippen LogP contribution is -2.14. The molecular formula is C13H8BrF3N2. The third-order valence-corrected chi connectivity index (χ3v) is 3.27. The van der Waals surface area contributed by atoms with E-state index in [9.17, 15) is 13.2 Å². The second-order valence-electron chi connectivity index (χ2n) is 3.81. The first-order valence-electron chi connectivity index (χ1n) is 5.32. The van der Waals surface area contributed by atoms with Crippen LogP contribution in [0.25, 0.3) is 5.69 Å². The van der Waals surface area contributed by atoms with Crippen LogP contribution in [0, 0.1) is 11.3 Å². The smallest absolute Gasteiger partial charge is 0.297 e. The molecule has 0 fully saturated rings. The van der Waals surface area contributed by atoms with E-state index in [1.165, 1.54) is 6.07 Å². The van der Waals surface area contributed by atoms with Gasteiger partial charge in [0.1, 0.15) is 17.5 Å². The number of aromatic nitrogens is 1. The molecule has 0 aliphatic rings. The number of hydrogen-bond acceptors (Lipinski definition) is 1. The topological polar surface area (TPSA) is 28.7 Å². The molecule has 0 amide bonds. The zero-order valence-electron chi connectivity index (χ0n) is 9.58. The second-order valence-corrected chi connectivity index (χ2v) is 4.37. The summed E-state index contributed by atoms with van der Waals surface area (Å²) in [6.07, 6.45) is -4.51. The van der Waals surface area contributed by atoms with Gasteiger partial charge < -0.3 is 0 Å². The summed E-state index contributed by atoms with van der Waals surface area (Å²) in [6, 6.07) is 10.5.